The molecule has 0 heterocycles. The molecule has 8 nitrogen and oxygen atoms in total. The van der Waals surface area contributed by atoms with Gasteiger partial charge in [-0.25, -0.2) is 13.1 Å². The summed E-state index contributed by atoms with van der Waals surface area (Å²) in [6.07, 6.45) is 0.154. The molecule has 1 aromatic carbocycles. The second kappa shape index (κ2) is 7.63. The van der Waals surface area contributed by atoms with Gasteiger partial charge in [0.25, 0.3) is 5.91 Å². The number of nitrogens with one attached hydrogen (secondary N) is 2. The Hall–Kier alpha value is -2.13. The van der Waals surface area contributed by atoms with Gasteiger partial charge < -0.3 is 15.2 Å². The number of carbonyl (C=O) groups is 2. The van der Waals surface area contributed by atoms with Crippen molar-refractivity contribution < 1.29 is 27.9 Å². The van der Waals surface area contributed by atoms with Crippen LogP contribution in [0.25, 0.3) is 0 Å². The van der Waals surface area contributed by atoms with Crippen molar-refractivity contribution in [3.8, 4) is 5.75 Å². The molecule has 134 valence electrons. The van der Waals surface area contributed by atoms with Gasteiger partial charge >= 0.3 is 5.97 Å². The van der Waals surface area contributed by atoms with Crippen molar-refractivity contribution in [1.82, 2.24) is 10.0 Å². The number of benzene rings is 1. The smallest absolute Gasteiger partial charge is 0.303 e. The Kier molecular flexibility index (Phi) is 6.33. The molecular weight excluding hydrogens is 336 g/mol. The molecular formula is C15H22N2O6S. The van der Waals surface area contributed by atoms with Crippen molar-refractivity contribution in [2.75, 3.05) is 14.2 Å². The third kappa shape index (κ3) is 5.20. The molecule has 0 atom stereocenters. The molecule has 0 aliphatic carbocycles. The van der Waals surface area contributed by atoms with Gasteiger partial charge in [-0.2, -0.15) is 0 Å². The van der Waals surface area contributed by atoms with Gasteiger partial charge in [-0.3, -0.25) is 9.59 Å². The maximum Gasteiger partial charge on any atom is 0.303 e. The summed E-state index contributed by atoms with van der Waals surface area (Å²) in [4.78, 5) is 22.9. The Morgan fingerprint density at radius 1 is 1.29 bits per heavy atom. The quantitative estimate of drug-likeness (QED) is 0.637. The molecule has 0 radical (unpaired) electrons. The summed E-state index contributed by atoms with van der Waals surface area (Å²) in [5.74, 6) is -1.34. The largest absolute Gasteiger partial charge is 0.495 e. The minimum Gasteiger partial charge on any atom is -0.495 e. The van der Waals surface area contributed by atoms with E-state index < -0.39 is 27.4 Å². The van der Waals surface area contributed by atoms with E-state index in [4.69, 9.17) is 9.84 Å². The van der Waals surface area contributed by atoms with Crippen LogP contribution in [0.2, 0.25) is 0 Å². The molecule has 0 aromatic heterocycles. The van der Waals surface area contributed by atoms with E-state index in [0.717, 1.165) is 0 Å². The number of hydrogen-bond donors (Lipinski definition) is 3. The first kappa shape index (κ1) is 19.9. The molecule has 0 saturated carbocycles. The molecule has 0 aliphatic heterocycles. The Morgan fingerprint density at radius 2 is 1.92 bits per heavy atom. The third-order valence-corrected chi connectivity index (χ3v) is 4.84. The van der Waals surface area contributed by atoms with E-state index >= 15 is 0 Å². The topological polar surface area (TPSA) is 122 Å². The number of methoxy groups -OCH3 is 1. The Morgan fingerprint density at radius 3 is 2.42 bits per heavy atom. The zero-order valence-corrected chi connectivity index (χ0v) is 14.9. The lowest BCUT2D eigenvalue weighted by Crippen LogP contribution is -2.43. The molecule has 0 saturated heterocycles. The Labute approximate surface area is 141 Å². The zero-order valence-electron chi connectivity index (χ0n) is 14.0. The third-order valence-electron chi connectivity index (χ3n) is 3.40. The minimum atomic E-state index is -3.79. The predicted octanol–water partition coefficient (Wildman–Crippen LogP) is 0.977. The van der Waals surface area contributed by atoms with E-state index in [-0.39, 0.29) is 29.1 Å². The van der Waals surface area contributed by atoms with Crippen LogP contribution in [-0.2, 0) is 14.8 Å². The second-order valence-electron chi connectivity index (χ2n) is 5.80. The maximum atomic E-state index is 12.4. The van der Waals surface area contributed by atoms with Gasteiger partial charge in [-0.15, -0.1) is 0 Å². The fraction of sp³-hybridized carbons (Fsp3) is 0.467. The highest BCUT2D eigenvalue weighted by atomic mass is 32.2. The standard InChI is InChI=1S/C15H22N2O6S/c1-15(2,8-7-13(18)19)17-14(20)10-5-6-11(23-4)12(9-10)24(21,22)16-3/h5-6,9,16H,7-8H2,1-4H3,(H,17,20)(H,18,19). The summed E-state index contributed by atoms with van der Waals surface area (Å²) in [5, 5.41) is 11.4. The summed E-state index contributed by atoms with van der Waals surface area (Å²) in [5.41, 5.74) is -0.620. The van der Waals surface area contributed by atoms with Gasteiger partial charge in [0, 0.05) is 17.5 Å². The van der Waals surface area contributed by atoms with Crippen LogP contribution in [0.5, 0.6) is 5.75 Å². The van der Waals surface area contributed by atoms with Crippen molar-refractivity contribution >= 4 is 21.9 Å². The Bertz CT molecular complexity index is 727. The number of carbonyl (C=O) groups excluding carboxylic acids is 1. The highest BCUT2D eigenvalue weighted by molar-refractivity contribution is 7.89. The summed E-state index contributed by atoms with van der Waals surface area (Å²) in [6, 6.07) is 4.05. The maximum absolute atomic E-state index is 12.4. The molecule has 3 N–H and O–H groups in total. The molecule has 0 bridgehead atoms. The highest BCUT2D eigenvalue weighted by Crippen LogP contribution is 2.25. The SMILES string of the molecule is CNS(=O)(=O)c1cc(C(=O)NC(C)(C)CCC(=O)O)ccc1OC. The van der Waals surface area contributed by atoms with Crippen LogP contribution in [0.4, 0.5) is 0 Å². The summed E-state index contributed by atoms with van der Waals surface area (Å²) in [6.45, 7) is 3.39. The van der Waals surface area contributed by atoms with Crippen molar-refractivity contribution in [3.05, 3.63) is 23.8 Å². The average Bonchev–Trinajstić information content (AvgIpc) is 2.52. The van der Waals surface area contributed by atoms with Crippen LogP contribution in [0.15, 0.2) is 23.1 Å². The van der Waals surface area contributed by atoms with E-state index in [1.807, 2.05) is 0 Å². The number of amides is 1. The number of rotatable bonds is 8. The molecule has 24 heavy (non-hydrogen) atoms. The number of carboxylic acid groups (broad SMARTS) is 1. The van der Waals surface area contributed by atoms with E-state index in [9.17, 15) is 18.0 Å². The summed E-state index contributed by atoms with van der Waals surface area (Å²) >= 11 is 0. The van der Waals surface area contributed by atoms with Crippen molar-refractivity contribution in [2.24, 2.45) is 0 Å². The van der Waals surface area contributed by atoms with Gasteiger partial charge in [-0.1, -0.05) is 0 Å². The first-order valence-electron chi connectivity index (χ1n) is 7.18. The van der Waals surface area contributed by atoms with Crippen LogP contribution >= 0.6 is 0 Å². The number of carboxylic acids is 1. The highest BCUT2D eigenvalue weighted by Gasteiger charge is 2.24. The molecule has 0 fully saturated rings. The van der Waals surface area contributed by atoms with Crippen LogP contribution in [0.3, 0.4) is 0 Å². The van der Waals surface area contributed by atoms with Crippen LogP contribution in [0, 0.1) is 0 Å². The molecule has 9 heteroatoms. The lowest BCUT2D eigenvalue weighted by atomic mass is 9.97. The molecule has 1 aromatic rings. The molecule has 0 aliphatic rings. The second-order valence-corrected chi connectivity index (χ2v) is 7.66. The van der Waals surface area contributed by atoms with Crippen molar-refractivity contribution in [1.29, 1.82) is 0 Å². The molecule has 0 unspecified atom stereocenters. The van der Waals surface area contributed by atoms with Crippen molar-refractivity contribution in [3.63, 3.8) is 0 Å². The first-order chi connectivity index (χ1) is 11.0. The van der Waals surface area contributed by atoms with Gasteiger partial charge in [-0.05, 0) is 45.5 Å². The lowest BCUT2D eigenvalue weighted by molar-refractivity contribution is -0.137. The number of sulfonamides is 1. The predicted molar refractivity (Wildman–Crippen MR) is 87.7 cm³/mol. The van der Waals surface area contributed by atoms with Crippen LogP contribution in [0.1, 0.15) is 37.0 Å². The lowest BCUT2D eigenvalue weighted by Gasteiger charge is -2.25. The van der Waals surface area contributed by atoms with Gasteiger partial charge in [0.2, 0.25) is 10.0 Å². The fourth-order valence-corrected chi connectivity index (χ4v) is 2.92. The average molecular weight is 358 g/mol. The first-order valence-corrected chi connectivity index (χ1v) is 8.66. The van der Waals surface area contributed by atoms with E-state index in [2.05, 4.69) is 10.0 Å². The van der Waals surface area contributed by atoms with Crippen LogP contribution < -0.4 is 14.8 Å². The van der Waals surface area contributed by atoms with E-state index in [1.165, 1.54) is 32.4 Å². The number of ether oxygens (including phenoxy) is 1. The summed E-state index contributed by atoms with van der Waals surface area (Å²) < 4.78 is 31.3. The fourth-order valence-electron chi connectivity index (χ4n) is 2.00. The normalized spacial score (nSPS) is 11.8. The van der Waals surface area contributed by atoms with Crippen LogP contribution in [-0.4, -0.2) is 45.1 Å². The monoisotopic (exact) mass is 358 g/mol. The van der Waals surface area contributed by atoms with E-state index in [0.29, 0.717) is 0 Å². The molecule has 1 amide bonds. The molecule has 0 spiro atoms. The number of hydrogen-bond acceptors (Lipinski definition) is 5. The Balaban J connectivity index is 3.08. The van der Waals surface area contributed by atoms with Gasteiger partial charge in [0.1, 0.15) is 10.6 Å². The number of aliphatic carboxylic acids is 1. The molecule has 1 rings (SSSR count). The zero-order chi connectivity index (χ0) is 18.5. The summed E-state index contributed by atoms with van der Waals surface area (Å²) in [7, 11) is -1.20. The minimum absolute atomic E-state index is 0.0880. The van der Waals surface area contributed by atoms with Crippen molar-refractivity contribution in [2.45, 2.75) is 37.1 Å². The van der Waals surface area contributed by atoms with Gasteiger partial charge in [0.05, 0.1) is 7.11 Å². The van der Waals surface area contributed by atoms with Gasteiger partial charge in [0.15, 0.2) is 0 Å². The van der Waals surface area contributed by atoms with E-state index in [1.54, 1.807) is 13.8 Å².